The van der Waals surface area contributed by atoms with Crippen molar-refractivity contribution >= 4 is 11.9 Å². The Morgan fingerprint density at radius 1 is 1.15 bits per heavy atom. The molecule has 0 aromatic heterocycles. The number of amides is 1. The van der Waals surface area contributed by atoms with E-state index in [0.717, 1.165) is 45.1 Å². The molecule has 2 unspecified atom stereocenters. The molecule has 1 saturated heterocycles. The fourth-order valence-electron chi connectivity index (χ4n) is 3.32. The molecule has 6 nitrogen and oxygen atoms in total. The maximum atomic E-state index is 12.2. The Morgan fingerprint density at radius 2 is 1.88 bits per heavy atom. The molecule has 0 bridgehead atoms. The molecule has 6 heteroatoms. The lowest BCUT2D eigenvalue weighted by atomic mass is 10.2. The number of carbonyl (C=O) groups excluding carboxylic acids is 2. The van der Waals surface area contributed by atoms with E-state index in [9.17, 15) is 9.59 Å². The largest absolute Gasteiger partial charge is 0.491 e. The molecular weight excluding hydrogens is 334 g/mol. The molecule has 1 aromatic rings. The third-order valence-corrected chi connectivity index (χ3v) is 4.90. The van der Waals surface area contributed by atoms with Gasteiger partial charge in [-0.05, 0) is 56.9 Å². The maximum absolute atomic E-state index is 12.2. The van der Waals surface area contributed by atoms with Crippen molar-refractivity contribution in [3.05, 3.63) is 29.8 Å². The van der Waals surface area contributed by atoms with E-state index in [4.69, 9.17) is 14.2 Å². The molecule has 3 rings (SSSR count). The van der Waals surface area contributed by atoms with Gasteiger partial charge in [-0.15, -0.1) is 0 Å². The van der Waals surface area contributed by atoms with E-state index in [1.54, 1.807) is 31.2 Å². The first kappa shape index (κ1) is 18.7. The van der Waals surface area contributed by atoms with Crippen LogP contribution >= 0.6 is 0 Å². The first-order valence-corrected chi connectivity index (χ1v) is 9.47. The van der Waals surface area contributed by atoms with E-state index < -0.39 is 12.1 Å². The van der Waals surface area contributed by atoms with Gasteiger partial charge < -0.3 is 19.5 Å². The number of nitrogens with one attached hydrogen (secondary N) is 1. The van der Waals surface area contributed by atoms with Crippen molar-refractivity contribution in [2.24, 2.45) is 0 Å². The molecule has 1 heterocycles. The quantitative estimate of drug-likeness (QED) is 0.756. The summed E-state index contributed by atoms with van der Waals surface area (Å²) in [6.07, 6.45) is 5.72. The van der Waals surface area contributed by atoms with Crippen molar-refractivity contribution in [3.8, 4) is 5.75 Å². The molecule has 1 amide bonds. The fraction of sp³-hybridized carbons (Fsp3) is 0.600. The molecule has 2 atom stereocenters. The summed E-state index contributed by atoms with van der Waals surface area (Å²) in [6, 6.07) is 6.97. The monoisotopic (exact) mass is 361 g/mol. The fourth-order valence-corrected chi connectivity index (χ4v) is 3.32. The standard InChI is InChI=1S/C20H27NO5/c1-14(19(22)21-16-5-2-3-6-16)26-20(23)15-8-10-17(11-9-15)25-13-18-7-4-12-24-18/h8-11,14,16,18H,2-7,12-13H2,1H3,(H,21,22). The van der Waals surface area contributed by atoms with Crippen LogP contribution in [0.15, 0.2) is 24.3 Å². The smallest absolute Gasteiger partial charge is 0.338 e. The molecule has 26 heavy (non-hydrogen) atoms. The lowest BCUT2D eigenvalue weighted by Crippen LogP contribution is -2.40. The van der Waals surface area contributed by atoms with Gasteiger partial charge in [-0.2, -0.15) is 0 Å². The molecule has 1 saturated carbocycles. The molecule has 1 aliphatic heterocycles. The molecule has 1 aliphatic carbocycles. The molecule has 142 valence electrons. The van der Waals surface area contributed by atoms with Crippen molar-refractivity contribution in [1.82, 2.24) is 5.32 Å². The van der Waals surface area contributed by atoms with Crippen LogP contribution in [0.2, 0.25) is 0 Å². The molecule has 0 radical (unpaired) electrons. The van der Waals surface area contributed by atoms with E-state index in [-0.39, 0.29) is 18.1 Å². The summed E-state index contributed by atoms with van der Waals surface area (Å²) in [5.41, 5.74) is 0.398. The predicted molar refractivity (Wildman–Crippen MR) is 96.2 cm³/mol. The third kappa shape index (κ3) is 5.21. The summed E-state index contributed by atoms with van der Waals surface area (Å²) in [5, 5.41) is 2.94. The average molecular weight is 361 g/mol. The minimum absolute atomic E-state index is 0.152. The van der Waals surface area contributed by atoms with Crippen molar-refractivity contribution in [2.75, 3.05) is 13.2 Å². The zero-order chi connectivity index (χ0) is 18.4. The predicted octanol–water partition coefficient (Wildman–Crippen LogP) is 2.85. The van der Waals surface area contributed by atoms with Crippen LogP contribution < -0.4 is 10.1 Å². The summed E-state index contributed by atoms with van der Waals surface area (Å²) in [7, 11) is 0. The van der Waals surface area contributed by atoms with E-state index in [1.807, 2.05) is 0 Å². The second-order valence-electron chi connectivity index (χ2n) is 7.01. The first-order chi connectivity index (χ1) is 12.6. The van der Waals surface area contributed by atoms with Crippen LogP contribution in [0.5, 0.6) is 5.75 Å². The highest BCUT2D eigenvalue weighted by molar-refractivity contribution is 5.92. The zero-order valence-corrected chi connectivity index (χ0v) is 15.2. The van der Waals surface area contributed by atoms with Crippen LogP contribution in [0.1, 0.15) is 55.8 Å². The maximum Gasteiger partial charge on any atom is 0.338 e. The number of ether oxygens (including phenoxy) is 3. The van der Waals surface area contributed by atoms with Crippen LogP contribution in [-0.2, 0) is 14.3 Å². The van der Waals surface area contributed by atoms with Crippen LogP contribution in [-0.4, -0.2) is 43.3 Å². The highest BCUT2D eigenvalue weighted by atomic mass is 16.5. The van der Waals surface area contributed by atoms with Gasteiger partial charge in [-0.3, -0.25) is 4.79 Å². The third-order valence-electron chi connectivity index (χ3n) is 4.90. The van der Waals surface area contributed by atoms with Crippen molar-refractivity contribution < 1.29 is 23.8 Å². The Kier molecular flexibility index (Phi) is 6.50. The van der Waals surface area contributed by atoms with E-state index in [2.05, 4.69) is 5.32 Å². The van der Waals surface area contributed by atoms with Gasteiger partial charge in [0.1, 0.15) is 12.4 Å². The lowest BCUT2D eigenvalue weighted by Gasteiger charge is -2.17. The van der Waals surface area contributed by atoms with Crippen molar-refractivity contribution in [1.29, 1.82) is 0 Å². The molecule has 1 aromatic carbocycles. The molecular formula is C20H27NO5. The first-order valence-electron chi connectivity index (χ1n) is 9.47. The summed E-state index contributed by atoms with van der Waals surface area (Å²) < 4.78 is 16.5. The van der Waals surface area contributed by atoms with Crippen LogP contribution in [0.25, 0.3) is 0 Å². The Morgan fingerprint density at radius 3 is 2.54 bits per heavy atom. The number of hydrogen-bond donors (Lipinski definition) is 1. The molecule has 2 aliphatic rings. The van der Waals surface area contributed by atoms with E-state index >= 15 is 0 Å². The number of rotatable bonds is 7. The zero-order valence-electron chi connectivity index (χ0n) is 15.2. The van der Waals surface area contributed by atoms with Gasteiger partial charge in [0.25, 0.3) is 5.91 Å². The topological polar surface area (TPSA) is 73.9 Å². The SMILES string of the molecule is CC(OC(=O)c1ccc(OCC2CCCO2)cc1)C(=O)NC1CCCC1. The minimum atomic E-state index is -0.807. The highest BCUT2D eigenvalue weighted by Crippen LogP contribution is 2.19. The number of esters is 1. The summed E-state index contributed by atoms with van der Waals surface area (Å²) >= 11 is 0. The normalized spacial score (nSPS) is 21.3. The molecule has 1 N–H and O–H groups in total. The molecule has 2 fully saturated rings. The van der Waals surface area contributed by atoms with Crippen molar-refractivity contribution in [2.45, 2.75) is 63.7 Å². The second kappa shape index (κ2) is 9.03. The molecule has 0 spiro atoms. The number of benzene rings is 1. The summed E-state index contributed by atoms with van der Waals surface area (Å²) in [5.74, 6) is -0.0596. The Bertz CT molecular complexity index is 603. The Labute approximate surface area is 154 Å². The van der Waals surface area contributed by atoms with E-state index in [1.165, 1.54) is 0 Å². The van der Waals surface area contributed by atoms with E-state index in [0.29, 0.717) is 17.9 Å². The Hall–Kier alpha value is -2.08. The summed E-state index contributed by atoms with van der Waals surface area (Å²) in [4.78, 5) is 24.3. The number of hydrogen-bond acceptors (Lipinski definition) is 5. The van der Waals surface area contributed by atoms with Crippen molar-refractivity contribution in [3.63, 3.8) is 0 Å². The number of carbonyl (C=O) groups is 2. The van der Waals surface area contributed by atoms with Crippen LogP contribution in [0.3, 0.4) is 0 Å². The van der Waals surface area contributed by atoms with Gasteiger partial charge in [0, 0.05) is 12.6 Å². The van der Waals surface area contributed by atoms with Gasteiger partial charge in [-0.25, -0.2) is 4.79 Å². The lowest BCUT2D eigenvalue weighted by molar-refractivity contribution is -0.129. The van der Waals surface area contributed by atoms with Gasteiger partial charge in [-0.1, -0.05) is 12.8 Å². The summed E-state index contributed by atoms with van der Waals surface area (Å²) in [6.45, 7) is 2.91. The second-order valence-corrected chi connectivity index (χ2v) is 7.01. The minimum Gasteiger partial charge on any atom is -0.491 e. The average Bonchev–Trinajstić information content (AvgIpc) is 3.34. The highest BCUT2D eigenvalue weighted by Gasteiger charge is 2.23. The van der Waals surface area contributed by atoms with Gasteiger partial charge in [0.2, 0.25) is 0 Å². The van der Waals surface area contributed by atoms with Gasteiger partial charge >= 0.3 is 5.97 Å². The van der Waals surface area contributed by atoms with Crippen LogP contribution in [0, 0.1) is 0 Å². The van der Waals surface area contributed by atoms with Gasteiger partial charge in [0.05, 0.1) is 11.7 Å². The Balaban J connectivity index is 1.45. The van der Waals surface area contributed by atoms with Crippen LogP contribution in [0.4, 0.5) is 0 Å². The van der Waals surface area contributed by atoms with Gasteiger partial charge in [0.15, 0.2) is 6.10 Å².